The summed E-state index contributed by atoms with van der Waals surface area (Å²) in [7, 11) is 0. The van der Waals surface area contributed by atoms with Gasteiger partial charge in [-0.3, -0.25) is 4.79 Å². The number of rotatable bonds is 3. The van der Waals surface area contributed by atoms with E-state index < -0.39 is 0 Å². The molecule has 3 nitrogen and oxygen atoms in total. The van der Waals surface area contributed by atoms with Crippen molar-refractivity contribution in [2.24, 2.45) is 5.92 Å². The predicted molar refractivity (Wildman–Crippen MR) is 67.7 cm³/mol. The minimum Gasteiger partial charge on any atom is -0.338 e. The highest BCUT2D eigenvalue weighted by molar-refractivity contribution is 5.80. The molecule has 3 heteroatoms. The molecule has 0 aromatic carbocycles. The quantitative estimate of drug-likeness (QED) is 0.812. The number of amides is 1. The molecule has 1 N–H and O–H groups in total. The minimum atomic E-state index is 0.383. The van der Waals surface area contributed by atoms with Crippen molar-refractivity contribution in [2.45, 2.75) is 70.0 Å². The van der Waals surface area contributed by atoms with Gasteiger partial charge < -0.3 is 10.2 Å². The van der Waals surface area contributed by atoms with E-state index >= 15 is 0 Å². The Balaban J connectivity index is 1.48. The first-order valence-electron chi connectivity index (χ1n) is 7.28. The van der Waals surface area contributed by atoms with E-state index in [1.165, 1.54) is 38.5 Å². The second-order valence-electron chi connectivity index (χ2n) is 6.30. The molecule has 2 saturated carbocycles. The molecular formula is C14H24N2O. The van der Waals surface area contributed by atoms with Crippen LogP contribution < -0.4 is 5.32 Å². The average molecular weight is 236 g/mol. The molecule has 1 aliphatic heterocycles. The van der Waals surface area contributed by atoms with Crippen molar-refractivity contribution in [2.75, 3.05) is 6.54 Å². The Kier molecular flexibility index (Phi) is 3.12. The third-order valence-electron chi connectivity index (χ3n) is 4.63. The van der Waals surface area contributed by atoms with Gasteiger partial charge in [0, 0.05) is 31.1 Å². The van der Waals surface area contributed by atoms with Crippen molar-refractivity contribution < 1.29 is 4.79 Å². The molecule has 0 aromatic rings. The van der Waals surface area contributed by atoms with Gasteiger partial charge in [-0.25, -0.2) is 0 Å². The number of nitrogens with one attached hydrogen (secondary N) is 1. The summed E-state index contributed by atoms with van der Waals surface area (Å²) >= 11 is 0. The van der Waals surface area contributed by atoms with Crippen LogP contribution in [-0.4, -0.2) is 35.5 Å². The third-order valence-corrected chi connectivity index (χ3v) is 4.63. The van der Waals surface area contributed by atoms with Gasteiger partial charge in [0.2, 0.25) is 5.91 Å². The fourth-order valence-electron chi connectivity index (χ4n) is 3.34. The molecule has 1 atom stereocenters. The van der Waals surface area contributed by atoms with E-state index in [9.17, 15) is 4.79 Å². The average Bonchev–Trinajstić information content (AvgIpc) is 3.08. The fraction of sp³-hybridized carbons (Fsp3) is 0.929. The summed E-state index contributed by atoms with van der Waals surface area (Å²) < 4.78 is 0. The largest absolute Gasteiger partial charge is 0.338 e. The maximum atomic E-state index is 11.8. The molecule has 1 amide bonds. The summed E-state index contributed by atoms with van der Waals surface area (Å²) in [5.74, 6) is 1.29. The van der Waals surface area contributed by atoms with E-state index in [1.54, 1.807) is 0 Å². The van der Waals surface area contributed by atoms with E-state index in [2.05, 4.69) is 17.1 Å². The molecule has 2 aliphatic carbocycles. The molecule has 17 heavy (non-hydrogen) atoms. The van der Waals surface area contributed by atoms with Gasteiger partial charge in [-0.05, 0) is 44.4 Å². The Morgan fingerprint density at radius 2 is 1.76 bits per heavy atom. The minimum absolute atomic E-state index is 0.383. The zero-order valence-electron chi connectivity index (χ0n) is 10.8. The van der Waals surface area contributed by atoms with Crippen molar-refractivity contribution in [3.8, 4) is 0 Å². The molecule has 1 heterocycles. The SMILES string of the molecule is CC1CCC(NC2CC(=O)N(C3CC3)C2)CC1. The van der Waals surface area contributed by atoms with Crippen molar-refractivity contribution >= 4 is 5.91 Å². The monoisotopic (exact) mass is 236 g/mol. The van der Waals surface area contributed by atoms with E-state index in [1.807, 2.05) is 0 Å². The molecule has 0 aromatic heterocycles. The van der Waals surface area contributed by atoms with Crippen LogP contribution in [-0.2, 0) is 4.79 Å². The number of carbonyl (C=O) groups excluding carboxylic acids is 1. The zero-order valence-corrected chi connectivity index (χ0v) is 10.8. The number of carbonyl (C=O) groups is 1. The maximum Gasteiger partial charge on any atom is 0.224 e. The lowest BCUT2D eigenvalue weighted by Crippen LogP contribution is -2.42. The van der Waals surface area contributed by atoms with Crippen LogP contribution in [0.4, 0.5) is 0 Å². The highest BCUT2D eigenvalue weighted by atomic mass is 16.2. The molecule has 1 unspecified atom stereocenters. The number of hydrogen-bond acceptors (Lipinski definition) is 2. The highest BCUT2D eigenvalue weighted by Crippen LogP contribution is 2.31. The van der Waals surface area contributed by atoms with Crippen LogP contribution in [0, 0.1) is 5.92 Å². The standard InChI is InChI=1S/C14H24N2O/c1-10-2-4-11(5-3-10)15-12-8-14(17)16(9-12)13-6-7-13/h10-13,15H,2-9H2,1H3. The second kappa shape index (κ2) is 4.60. The molecule has 0 spiro atoms. The molecule has 1 saturated heterocycles. The van der Waals surface area contributed by atoms with Crippen LogP contribution in [0.5, 0.6) is 0 Å². The molecule has 3 fully saturated rings. The topological polar surface area (TPSA) is 32.3 Å². The highest BCUT2D eigenvalue weighted by Gasteiger charge is 2.39. The first kappa shape index (κ1) is 11.5. The normalized spacial score (nSPS) is 38.8. The van der Waals surface area contributed by atoms with Crippen molar-refractivity contribution in [3.63, 3.8) is 0 Å². The molecule has 3 rings (SSSR count). The van der Waals surface area contributed by atoms with Gasteiger partial charge in [0.05, 0.1) is 0 Å². The van der Waals surface area contributed by atoms with E-state index in [0.717, 1.165) is 18.9 Å². The second-order valence-corrected chi connectivity index (χ2v) is 6.30. The third kappa shape index (κ3) is 2.65. The Morgan fingerprint density at radius 3 is 2.41 bits per heavy atom. The van der Waals surface area contributed by atoms with Crippen LogP contribution in [0.3, 0.4) is 0 Å². The van der Waals surface area contributed by atoms with Gasteiger partial charge in [-0.1, -0.05) is 6.92 Å². The lowest BCUT2D eigenvalue weighted by atomic mass is 9.87. The van der Waals surface area contributed by atoms with Crippen LogP contribution in [0.25, 0.3) is 0 Å². The van der Waals surface area contributed by atoms with Gasteiger partial charge in [0.25, 0.3) is 0 Å². The van der Waals surface area contributed by atoms with Crippen molar-refractivity contribution in [1.29, 1.82) is 0 Å². The summed E-state index contributed by atoms with van der Waals surface area (Å²) in [6.07, 6.45) is 8.52. The Morgan fingerprint density at radius 1 is 1.06 bits per heavy atom. The van der Waals surface area contributed by atoms with E-state index in [4.69, 9.17) is 0 Å². The van der Waals surface area contributed by atoms with Gasteiger partial charge in [-0.2, -0.15) is 0 Å². The molecule has 3 aliphatic rings. The smallest absolute Gasteiger partial charge is 0.224 e. The van der Waals surface area contributed by atoms with Gasteiger partial charge >= 0.3 is 0 Å². The molecule has 96 valence electrons. The lowest BCUT2D eigenvalue weighted by molar-refractivity contribution is -0.128. The van der Waals surface area contributed by atoms with Crippen molar-refractivity contribution in [1.82, 2.24) is 10.2 Å². The first-order chi connectivity index (χ1) is 8.22. The van der Waals surface area contributed by atoms with Crippen LogP contribution >= 0.6 is 0 Å². The summed E-state index contributed by atoms with van der Waals surface area (Å²) in [5.41, 5.74) is 0. The molecule has 0 radical (unpaired) electrons. The van der Waals surface area contributed by atoms with Crippen LogP contribution in [0.1, 0.15) is 51.9 Å². The summed E-state index contributed by atoms with van der Waals surface area (Å²) in [5, 5.41) is 3.72. The van der Waals surface area contributed by atoms with E-state index in [-0.39, 0.29) is 0 Å². The van der Waals surface area contributed by atoms with Crippen LogP contribution in [0.15, 0.2) is 0 Å². The Hall–Kier alpha value is -0.570. The van der Waals surface area contributed by atoms with Crippen molar-refractivity contribution in [3.05, 3.63) is 0 Å². The number of hydrogen-bond donors (Lipinski definition) is 1. The van der Waals surface area contributed by atoms with Gasteiger partial charge in [0.15, 0.2) is 0 Å². The number of likely N-dealkylation sites (tertiary alicyclic amines) is 1. The fourth-order valence-corrected chi connectivity index (χ4v) is 3.34. The number of nitrogens with zero attached hydrogens (tertiary/aromatic N) is 1. The predicted octanol–water partition coefficient (Wildman–Crippen LogP) is 1.92. The van der Waals surface area contributed by atoms with Gasteiger partial charge in [0.1, 0.15) is 0 Å². The summed E-state index contributed by atoms with van der Waals surface area (Å²) in [4.78, 5) is 14.0. The first-order valence-corrected chi connectivity index (χ1v) is 7.28. The van der Waals surface area contributed by atoms with Gasteiger partial charge in [-0.15, -0.1) is 0 Å². The molecular weight excluding hydrogens is 212 g/mol. The zero-order chi connectivity index (χ0) is 11.8. The maximum absolute atomic E-state index is 11.8. The molecule has 0 bridgehead atoms. The van der Waals surface area contributed by atoms with Crippen LogP contribution in [0.2, 0.25) is 0 Å². The summed E-state index contributed by atoms with van der Waals surface area (Å²) in [6, 6.07) is 1.70. The van der Waals surface area contributed by atoms with E-state index in [0.29, 0.717) is 24.0 Å². The lowest BCUT2D eigenvalue weighted by Gasteiger charge is -2.29. The Labute approximate surface area is 104 Å². The Bertz CT molecular complexity index is 293. The summed E-state index contributed by atoms with van der Waals surface area (Å²) in [6.45, 7) is 3.32.